The third kappa shape index (κ3) is 4.96. The van der Waals surface area contributed by atoms with Crippen LogP contribution in [0.2, 0.25) is 0 Å². The molecule has 0 N–H and O–H groups in total. The Morgan fingerprint density at radius 3 is 1.79 bits per heavy atom. The summed E-state index contributed by atoms with van der Waals surface area (Å²) in [6.45, 7) is 0. The zero-order valence-corrected chi connectivity index (χ0v) is 28.5. The monoisotopic (exact) mass is 662 g/mol. The van der Waals surface area contributed by atoms with Gasteiger partial charge in [0.1, 0.15) is 0 Å². The molecule has 1 aromatic heterocycles. The molecule has 244 valence electrons. The van der Waals surface area contributed by atoms with E-state index in [9.17, 15) is 0 Å². The highest BCUT2D eigenvalue weighted by atomic mass is 15.1. The van der Waals surface area contributed by atoms with Gasteiger partial charge in [-0.3, -0.25) is 0 Å². The second-order valence-corrected chi connectivity index (χ2v) is 13.3. The summed E-state index contributed by atoms with van der Waals surface area (Å²) in [6.07, 6.45) is 0. The van der Waals surface area contributed by atoms with Crippen LogP contribution in [-0.4, -0.2) is 4.57 Å². The fourth-order valence-corrected chi connectivity index (χ4v) is 7.98. The molecule has 0 saturated heterocycles. The summed E-state index contributed by atoms with van der Waals surface area (Å²) in [5.41, 5.74) is 11.7. The smallest absolute Gasteiger partial charge is 0.0620 e. The highest BCUT2D eigenvalue weighted by molar-refractivity contribution is 6.19. The molecule has 0 aliphatic carbocycles. The summed E-state index contributed by atoms with van der Waals surface area (Å²) < 4.78 is 2.43. The van der Waals surface area contributed by atoms with Gasteiger partial charge >= 0.3 is 0 Å². The molecule has 0 aliphatic rings. The van der Waals surface area contributed by atoms with Gasteiger partial charge in [0.05, 0.1) is 16.7 Å². The largest absolute Gasteiger partial charge is 0.310 e. The molecule has 2 heteroatoms. The molecule has 0 unspecified atom stereocenters. The van der Waals surface area contributed by atoms with E-state index in [1.54, 1.807) is 0 Å². The minimum absolute atomic E-state index is 1.10. The number of hydrogen-bond donors (Lipinski definition) is 0. The van der Waals surface area contributed by atoms with E-state index in [1.165, 1.54) is 65.6 Å². The van der Waals surface area contributed by atoms with E-state index in [2.05, 4.69) is 216 Å². The molecule has 0 spiro atoms. The third-order valence-corrected chi connectivity index (χ3v) is 10.4. The first-order chi connectivity index (χ1) is 25.8. The molecule has 9 aromatic carbocycles. The van der Waals surface area contributed by atoms with E-state index in [0.29, 0.717) is 0 Å². The Balaban J connectivity index is 1.22. The quantitative estimate of drug-likeness (QED) is 0.172. The van der Waals surface area contributed by atoms with Crippen molar-refractivity contribution in [1.82, 2.24) is 4.57 Å². The zero-order chi connectivity index (χ0) is 34.4. The van der Waals surface area contributed by atoms with Gasteiger partial charge in [-0.05, 0) is 81.4 Å². The van der Waals surface area contributed by atoms with Crippen molar-refractivity contribution in [3.8, 4) is 27.9 Å². The van der Waals surface area contributed by atoms with Gasteiger partial charge in [-0.2, -0.15) is 0 Å². The second-order valence-electron chi connectivity index (χ2n) is 13.3. The fraction of sp³-hybridized carbons (Fsp3) is 0. The average Bonchev–Trinajstić information content (AvgIpc) is 3.57. The number of anilines is 3. The molecule has 1 heterocycles. The predicted molar refractivity (Wildman–Crippen MR) is 221 cm³/mol. The first kappa shape index (κ1) is 30.0. The summed E-state index contributed by atoms with van der Waals surface area (Å²) in [7, 11) is 0. The van der Waals surface area contributed by atoms with Crippen LogP contribution < -0.4 is 4.90 Å². The van der Waals surface area contributed by atoms with Gasteiger partial charge in [-0.1, -0.05) is 158 Å². The van der Waals surface area contributed by atoms with Gasteiger partial charge < -0.3 is 9.47 Å². The van der Waals surface area contributed by atoms with E-state index in [4.69, 9.17) is 0 Å². The maximum atomic E-state index is 2.43. The van der Waals surface area contributed by atoms with Crippen LogP contribution in [0.5, 0.6) is 0 Å². The van der Waals surface area contributed by atoms with Gasteiger partial charge in [-0.25, -0.2) is 0 Å². The Morgan fingerprint density at radius 2 is 0.942 bits per heavy atom. The van der Waals surface area contributed by atoms with Crippen molar-refractivity contribution in [2.75, 3.05) is 4.90 Å². The molecule has 0 radical (unpaired) electrons. The molecule has 0 amide bonds. The van der Waals surface area contributed by atoms with Crippen LogP contribution in [0.1, 0.15) is 0 Å². The maximum Gasteiger partial charge on any atom is 0.0620 e. The topological polar surface area (TPSA) is 8.17 Å². The lowest BCUT2D eigenvalue weighted by Crippen LogP contribution is -2.11. The number of aromatic nitrogens is 1. The van der Waals surface area contributed by atoms with E-state index in [-0.39, 0.29) is 0 Å². The molecule has 0 fully saturated rings. The van der Waals surface area contributed by atoms with Crippen LogP contribution in [0, 0.1) is 0 Å². The normalized spacial score (nSPS) is 11.5. The second kappa shape index (κ2) is 12.5. The van der Waals surface area contributed by atoms with E-state index >= 15 is 0 Å². The Labute approximate surface area is 303 Å². The molecule has 0 atom stereocenters. The van der Waals surface area contributed by atoms with Gasteiger partial charge in [0.2, 0.25) is 0 Å². The molecule has 0 saturated carbocycles. The Hall–Kier alpha value is -6.90. The van der Waals surface area contributed by atoms with Gasteiger partial charge in [0, 0.05) is 38.8 Å². The van der Waals surface area contributed by atoms with E-state index in [0.717, 1.165) is 22.7 Å². The lowest BCUT2D eigenvalue weighted by Gasteiger charge is -2.28. The number of benzene rings is 9. The van der Waals surface area contributed by atoms with Gasteiger partial charge in [0.25, 0.3) is 0 Å². The SMILES string of the molecule is c1ccc(-c2ccccc2N(c2ccc(-c3cccc4ccccc34)cc2)c2ccc3ccc4c5ccccc5n(-c5ccccc5)c4c3c2)cc1. The maximum absolute atomic E-state index is 2.43. The van der Waals surface area contributed by atoms with E-state index < -0.39 is 0 Å². The third-order valence-electron chi connectivity index (χ3n) is 10.4. The molecular weight excluding hydrogens is 629 g/mol. The fourth-order valence-electron chi connectivity index (χ4n) is 7.98. The minimum atomic E-state index is 1.10. The first-order valence-corrected chi connectivity index (χ1v) is 17.9. The number of fused-ring (bicyclic) bond motifs is 6. The molecule has 10 rings (SSSR count). The Bertz CT molecular complexity index is 2880. The minimum Gasteiger partial charge on any atom is -0.310 e. The van der Waals surface area contributed by atoms with Crippen molar-refractivity contribution in [2.24, 2.45) is 0 Å². The lowest BCUT2D eigenvalue weighted by atomic mass is 9.97. The van der Waals surface area contributed by atoms with Crippen molar-refractivity contribution in [3.63, 3.8) is 0 Å². The van der Waals surface area contributed by atoms with Crippen LogP contribution >= 0.6 is 0 Å². The highest BCUT2D eigenvalue weighted by Crippen LogP contribution is 2.44. The Kier molecular flexibility index (Phi) is 7.18. The number of para-hydroxylation sites is 3. The van der Waals surface area contributed by atoms with Crippen LogP contribution in [0.15, 0.2) is 206 Å². The van der Waals surface area contributed by atoms with Crippen molar-refractivity contribution < 1.29 is 0 Å². The summed E-state index contributed by atoms with van der Waals surface area (Å²) in [4.78, 5) is 2.42. The molecule has 0 aliphatic heterocycles. The Morgan fingerprint density at radius 1 is 0.346 bits per heavy atom. The standard InChI is InChI=1S/C50H34N2/c1-3-14-36(15-4-1)44-21-9-11-24-48(44)51(40-30-26-37(27-31-40)43-23-13-17-35-16-7-8-20-42(35)43)41-32-28-38-29-33-46-45-22-10-12-25-49(45)52(50(46)47(38)34-41)39-18-5-2-6-19-39/h1-34H. The van der Waals surface area contributed by atoms with Crippen LogP contribution in [0.25, 0.3) is 71.3 Å². The zero-order valence-electron chi connectivity index (χ0n) is 28.5. The molecule has 52 heavy (non-hydrogen) atoms. The van der Waals surface area contributed by atoms with Crippen molar-refractivity contribution >= 4 is 60.4 Å². The van der Waals surface area contributed by atoms with Gasteiger partial charge in [0.15, 0.2) is 0 Å². The molecule has 0 bridgehead atoms. The number of nitrogens with zero attached hydrogens (tertiary/aromatic N) is 2. The number of rotatable bonds is 6. The summed E-state index contributed by atoms with van der Waals surface area (Å²) >= 11 is 0. The van der Waals surface area contributed by atoms with Crippen molar-refractivity contribution in [1.29, 1.82) is 0 Å². The molecular formula is C50H34N2. The predicted octanol–water partition coefficient (Wildman–Crippen LogP) is 13.9. The van der Waals surface area contributed by atoms with E-state index in [1.807, 2.05) is 0 Å². The van der Waals surface area contributed by atoms with Crippen LogP contribution in [-0.2, 0) is 0 Å². The van der Waals surface area contributed by atoms with Crippen molar-refractivity contribution in [3.05, 3.63) is 206 Å². The summed E-state index contributed by atoms with van der Waals surface area (Å²) in [6, 6.07) is 74.7. The summed E-state index contributed by atoms with van der Waals surface area (Å²) in [5.74, 6) is 0. The van der Waals surface area contributed by atoms with Gasteiger partial charge in [-0.15, -0.1) is 0 Å². The molecule has 2 nitrogen and oxygen atoms in total. The van der Waals surface area contributed by atoms with Crippen molar-refractivity contribution in [2.45, 2.75) is 0 Å². The highest BCUT2D eigenvalue weighted by Gasteiger charge is 2.20. The number of hydrogen-bond acceptors (Lipinski definition) is 1. The van der Waals surface area contributed by atoms with Crippen LogP contribution in [0.4, 0.5) is 17.1 Å². The molecule has 10 aromatic rings. The first-order valence-electron chi connectivity index (χ1n) is 17.9. The lowest BCUT2D eigenvalue weighted by molar-refractivity contribution is 1.19. The van der Waals surface area contributed by atoms with Crippen LogP contribution in [0.3, 0.4) is 0 Å². The average molecular weight is 663 g/mol. The summed E-state index contributed by atoms with van der Waals surface area (Å²) in [5, 5.41) is 7.43.